The first kappa shape index (κ1) is 25.3. The van der Waals surface area contributed by atoms with Crippen LogP contribution in [0, 0.1) is 0 Å². The van der Waals surface area contributed by atoms with E-state index in [9.17, 15) is 14.7 Å². The number of carbonyl (C=O) groups excluding carboxylic acids is 1. The second kappa shape index (κ2) is 11.3. The molecular formula is C27H32ClNO6. The third-order valence-corrected chi connectivity index (χ3v) is 6.60. The predicted molar refractivity (Wildman–Crippen MR) is 132 cm³/mol. The highest BCUT2D eigenvalue weighted by molar-refractivity contribution is 6.34. The van der Waals surface area contributed by atoms with Gasteiger partial charge >= 0.3 is 5.97 Å². The van der Waals surface area contributed by atoms with Crippen molar-refractivity contribution in [1.82, 2.24) is 5.32 Å². The summed E-state index contributed by atoms with van der Waals surface area (Å²) in [6.45, 7) is 4.41. The van der Waals surface area contributed by atoms with Gasteiger partial charge < -0.3 is 24.6 Å². The number of carboxylic acid groups (broad SMARTS) is 1. The number of fused-ring (bicyclic) bond motifs is 1. The molecule has 4 rings (SSSR count). The van der Waals surface area contributed by atoms with E-state index in [1.165, 1.54) is 12.8 Å². The van der Waals surface area contributed by atoms with E-state index in [2.05, 4.69) is 5.32 Å². The molecule has 0 radical (unpaired) electrons. The lowest BCUT2D eigenvalue weighted by Gasteiger charge is -2.18. The SMILES string of the molecule is CC(C)OC(Cc1cc2c(c(CNC(=O)c3ccc(OC4CCCC4)cc3Cl)c1)OCC2)C(=O)O. The van der Waals surface area contributed by atoms with Crippen molar-refractivity contribution in [2.24, 2.45) is 0 Å². The summed E-state index contributed by atoms with van der Waals surface area (Å²) in [5.41, 5.74) is 3.01. The first-order valence-corrected chi connectivity index (χ1v) is 12.6. The maximum atomic E-state index is 12.9. The van der Waals surface area contributed by atoms with Gasteiger partial charge in [-0.2, -0.15) is 0 Å². The van der Waals surface area contributed by atoms with Gasteiger partial charge in [0.15, 0.2) is 6.10 Å². The fraction of sp³-hybridized carbons (Fsp3) is 0.481. The van der Waals surface area contributed by atoms with Gasteiger partial charge in [-0.05, 0) is 68.9 Å². The molecule has 0 bridgehead atoms. The zero-order chi connectivity index (χ0) is 24.9. The lowest BCUT2D eigenvalue weighted by molar-refractivity contribution is -0.153. The van der Waals surface area contributed by atoms with Gasteiger partial charge in [-0.1, -0.05) is 23.7 Å². The van der Waals surface area contributed by atoms with Crippen LogP contribution < -0.4 is 14.8 Å². The smallest absolute Gasteiger partial charge is 0.333 e. The van der Waals surface area contributed by atoms with Crippen LogP contribution in [0.15, 0.2) is 30.3 Å². The minimum absolute atomic E-state index is 0.202. The van der Waals surface area contributed by atoms with Crippen LogP contribution in [0.4, 0.5) is 0 Å². The van der Waals surface area contributed by atoms with Crippen molar-refractivity contribution >= 4 is 23.5 Å². The monoisotopic (exact) mass is 501 g/mol. The lowest BCUT2D eigenvalue weighted by Crippen LogP contribution is -2.29. The molecule has 0 aromatic heterocycles. The largest absolute Gasteiger partial charge is 0.493 e. The molecule has 0 saturated heterocycles. The Balaban J connectivity index is 1.45. The van der Waals surface area contributed by atoms with Gasteiger partial charge in [0, 0.05) is 24.9 Å². The van der Waals surface area contributed by atoms with Crippen molar-refractivity contribution in [2.45, 2.75) is 77.2 Å². The Bertz CT molecular complexity index is 1080. The number of ether oxygens (including phenoxy) is 3. The summed E-state index contributed by atoms with van der Waals surface area (Å²) in [7, 11) is 0. The van der Waals surface area contributed by atoms with E-state index in [0.29, 0.717) is 22.9 Å². The highest BCUT2D eigenvalue weighted by Crippen LogP contribution is 2.32. The van der Waals surface area contributed by atoms with Crippen molar-refractivity contribution in [3.63, 3.8) is 0 Å². The van der Waals surface area contributed by atoms with Crippen LogP contribution in [0.25, 0.3) is 0 Å². The topological polar surface area (TPSA) is 94.1 Å². The number of carbonyl (C=O) groups is 2. The van der Waals surface area contributed by atoms with Crippen LogP contribution in [0.1, 0.15) is 66.6 Å². The maximum Gasteiger partial charge on any atom is 0.333 e. The van der Waals surface area contributed by atoms with Crippen LogP contribution in [0.5, 0.6) is 11.5 Å². The number of amides is 1. The van der Waals surface area contributed by atoms with Gasteiger partial charge in [0.25, 0.3) is 5.91 Å². The molecule has 2 N–H and O–H groups in total. The second-order valence-corrected chi connectivity index (χ2v) is 9.81. The Labute approximate surface area is 210 Å². The molecule has 1 unspecified atom stereocenters. The van der Waals surface area contributed by atoms with Crippen molar-refractivity contribution < 1.29 is 28.9 Å². The van der Waals surface area contributed by atoms with Gasteiger partial charge in [-0.15, -0.1) is 0 Å². The molecule has 8 heteroatoms. The number of halogens is 1. The van der Waals surface area contributed by atoms with Gasteiger partial charge in [0.05, 0.1) is 29.4 Å². The number of benzene rings is 2. The molecule has 1 fully saturated rings. The first-order chi connectivity index (χ1) is 16.8. The molecular weight excluding hydrogens is 470 g/mol. The lowest BCUT2D eigenvalue weighted by atomic mass is 9.99. The van der Waals surface area contributed by atoms with Crippen molar-refractivity contribution in [1.29, 1.82) is 0 Å². The zero-order valence-corrected chi connectivity index (χ0v) is 20.9. The summed E-state index contributed by atoms with van der Waals surface area (Å²) in [4.78, 5) is 24.5. The molecule has 1 heterocycles. The van der Waals surface area contributed by atoms with Crippen LogP contribution in [-0.2, 0) is 28.9 Å². The Morgan fingerprint density at radius 2 is 1.97 bits per heavy atom. The molecule has 35 heavy (non-hydrogen) atoms. The maximum absolute atomic E-state index is 12.9. The molecule has 0 spiro atoms. The van der Waals surface area contributed by atoms with Gasteiger partial charge in [0.2, 0.25) is 0 Å². The van der Waals surface area contributed by atoms with E-state index in [1.54, 1.807) is 18.2 Å². The number of carboxylic acids is 1. The first-order valence-electron chi connectivity index (χ1n) is 12.2. The Morgan fingerprint density at radius 1 is 1.20 bits per heavy atom. The van der Waals surface area contributed by atoms with Crippen molar-refractivity contribution in [2.75, 3.05) is 6.61 Å². The minimum atomic E-state index is -1.000. The van der Waals surface area contributed by atoms with Crippen LogP contribution in [-0.4, -0.2) is 41.9 Å². The molecule has 1 aliphatic carbocycles. The summed E-state index contributed by atoms with van der Waals surface area (Å²) in [5, 5.41) is 12.8. The average Bonchev–Trinajstić information content (AvgIpc) is 3.48. The van der Waals surface area contributed by atoms with Crippen LogP contribution in [0.2, 0.25) is 5.02 Å². The zero-order valence-electron chi connectivity index (χ0n) is 20.1. The van der Waals surface area contributed by atoms with Crippen LogP contribution >= 0.6 is 11.6 Å². The van der Waals surface area contributed by atoms with Gasteiger partial charge in [0.1, 0.15) is 11.5 Å². The number of hydrogen-bond donors (Lipinski definition) is 2. The minimum Gasteiger partial charge on any atom is -0.493 e. The van der Waals surface area contributed by atoms with Crippen LogP contribution in [0.3, 0.4) is 0 Å². The Hall–Kier alpha value is -2.77. The third-order valence-electron chi connectivity index (χ3n) is 6.28. The predicted octanol–water partition coefficient (Wildman–Crippen LogP) is 4.95. The summed E-state index contributed by atoms with van der Waals surface area (Å²) in [5.74, 6) is 0.123. The molecule has 2 aromatic rings. The molecule has 1 atom stereocenters. The summed E-state index contributed by atoms with van der Waals surface area (Å²) in [6, 6.07) is 9.00. The summed E-state index contributed by atoms with van der Waals surface area (Å²) >= 11 is 6.40. The molecule has 1 saturated carbocycles. The Morgan fingerprint density at radius 3 is 2.66 bits per heavy atom. The Kier molecular flexibility index (Phi) is 8.19. The molecule has 2 aromatic carbocycles. The number of nitrogens with one attached hydrogen (secondary N) is 1. The van der Waals surface area contributed by atoms with Gasteiger partial charge in [-0.3, -0.25) is 4.79 Å². The van der Waals surface area contributed by atoms with Crippen molar-refractivity contribution in [3.05, 3.63) is 57.6 Å². The summed E-state index contributed by atoms with van der Waals surface area (Å²) in [6.07, 6.45) is 4.48. The molecule has 188 valence electrons. The van der Waals surface area contributed by atoms with E-state index in [0.717, 1.165) is 41.7 Å². The fourth-order valence-corrected chi connectivity index (χ4v) is 4.93. The van der Waals surface area contributed by atoms with Gasteiger partial charge in [-0.25, -0.2) is 4.79 Å². The highest BCUT2D eigenvalue weighted by Gasteiger charge is 2.24. The molecule has 1 amide bonds. The number of rotatable bonds is 10. The standard InChI is InChI=1S/C27H32ClNO6/c1-16(2)34-24(27(31)32)13-17-11-18-9-10-33-25(18)19(12-17)15-29-26(30)22-8-7-21(14-23(22)28)35-20-5-3-4-6-20/h7-8,11-12,14,16,20,24H,3-6,9-10,13,15H2,1-2H3,(H,29,30)(H,31,32). The van der Waals surface area contributed by atoms with E-state index < -0.39 is 12.1 Å². The van der Waals surface area contributed by atoms with Crippen molar-refractivity contribution in [3.8, 4) is 11.5 Å². The quantitative estimate of drug-likeness (QED) is 0.478. The van der Waals surface area contributed by atoms with E-state index in [4.69, 9.17) is 25.8 Å². The number of hydrogen-bond acceptors (Lipinski definition) is 5. The second-order valence-electron chi connectivity index (χ2n) is 9.41. The molecule has 2 aliphatic rings. The fourth-order valence-electron chi connectivity index (χ4n) is 4.67. The average molecular weight is 502 g/mol. The number of aliphatic carboxylic acids is 1. The third kappa shape index (κ3) is 6.47. The molecule has 1 aliphatic heterocycles. The van der Waals surface area contributed by atoms with E-state index in [1.807, 2.05) is 26.0 Å². The van der Waals surface area contributed by atoms with E-state index in [-0.39, 0.29) is 31.1 Å². The summed E-state index contributed by atoms with van der Waals surface area (Å²) < 4.78 is 17.3. The molecule has 7 nitrogen and oxygen atoms in total. The normalized spacial score (nSPS) is 16.1. The highest BCUT2D eigenvalue weighted by atomic mass is 35.5. The van der Waals surface area contributed by atoms with E-state index >= 15 is 0 Å².